The van der Waals surface area contributed by atoms with E-state index in [1.807, 2.05) is 18.2 Å². The van der Waals surface area contributed by atoms with E-state index in [1.54, 1.807) is 18.3 Å². The van der Waals surface area contributed by atoms with Crippen molar-refractivity contribution in [2.45, 2.75) is 13.0 Å². The molecule has 1 unspecified atom stereocenters. The standard InChI is InChI=1S/C16H18ClFN2O/c17-15-5-4-12(8-16(15)18)9-19-10-13(11-21)7-14-3-1-2-6-20-14/h1-6,8,13,19,21H,7,9-11H2. The predicted octanol–water partition coefficient (Wildman–Crippen LogP) is 2.81. The number of halogens is 2. The van der Waals surface area contributed by atoms with Crippen LogP contribution >= 0.6 is 11.6 Å². The Morgan fingerprint density at radius 1 is 1.29 bits per heavy atom. The molecule has 21 heavy (non-hydrogen) atoms. The molecule has 0 spiro atoms. The summed E-state index contributed by atoms with van der Waals surface area (Å²) in [7, 11) is 0. The van der Waals surface area contributed by atoms with Crippen LogP contribution in [0, 0.1) is 11.7 Å². The molecule has 2 aromatic rings. The van der Waals surface area contributed by atoms with Gasteiger partial charge in [0, 0.05) is 31.6 Å². The summed E-state index contributed by atoms with van der Waals surface area (Å²) in [5, 5.41) is 12.8. The van der Waals surface area contributed by atoms with Crippen molar-refractivity contribution in [2.24, 2.45) is 5.92 Å². The third kappa shape index (κ3) is 5.08. The normalized spacial score (nSPS) is 12.3. The van der Waals surface area contributed by atoms with Crippen LogP contribution in [0.15, 0.2) is 42.6 Å². The Hall–Kier alpha value is -1.49. The number of hydrogen-bond acceptors (Lipinski definition) is 3. The zero-order valence-corrected chi connectivity index (χ0v) is 12.4. The highest BCUT2D eigenvalue weighted by molar-refractivity contribution is 6.30. The zero-order chi connectivity index (χ0) is 15.1. The van der Waals surface area contributed by atoms with Gasteiger partial charge in [0.05, 0.1) is 5.02 Å². The summed E-state index contributed by atoms with van der Waals surface area (Å²) in [6.45, 7) is 1.25. The second kappa shape index (κ2) is 8.08. The maximum atomic E-state index is 13.3. The van der Waals surface area contributed by atoms with Gasteiger partial charge in [-0.2, -0.15) is 0 Å². The summed E-state index contributed by atoms with van der Waals surface area (Å²) < 4.78 is 13.3. The van der Waals surface area contributed by atoms with Crippen LogP contribution in [0.5, 0.6) is 0 Å². The van der Waals surface area contributed by atoms with Crippen LogP contribution in [0.4, 0.5) is 4.39 Å². The number of aromatic nitrogens is 1. The van der Waals surface area contributed by atoms with E-state index in [0.717, 1.165) is 11.3 Å². The SMILES string of the molecule is OCC(CNCc1ccc(Cl)c(F)c1)Cc1ccccn1. The van der Waals surface area contributed by atoms with Crippen LogP contribution in [0.3, 0.4) is 0 Å². The first kappa shape index (κ1) is 15.9. The van der Waals surface area contributed by atoms with Crippen LogP contribution in [-0.2, 0) is 13.0 Å². The lowest BCUT2D eigenvalue weighted by Crippen LogP contribution is -2.26. The summed E-state index contributed by atoms with van der Waals surface area (Å²) in [5.41, 5.74) is 1.78. The Morgan fingerprint density at radius 3 is 2.81 bits per heavy atom. The molecule has 0 fully saturated rings. The summed E-state index contributed by atoms with van der Waals surface area (Å²) in [4.78, 5) is 4.25. The molecular weight excluding hydrogens is 291 g/mol. The minimum absolute atomic E-state index is 0.0806. The van der Waals surface area contributed by atoms with Gasteiger partial charge in [-0.1, -0.05) is 23.7 Å². The first-order valence-corrected chi connectivity index (χ1v) is 7.22. The minimum Gasteiger partial charge on any atom is -0.396 e. The van der Waals surface area contributed by atoms with Gasteiger partial charge in [-0.15, -0.1) is 0 Å². The molecule has 0 bridgehead atoms. The molecule has 3 nitrogen and oxygen atoms in total. The fourth-order valence-electron chi connectivity index (χ4n) is 2.09. The van der Waals surface area contributed by atoms with E-state index in [0.29, 0.717) is 19.5 Å². The second-order valence-corrected chi connectivity index (χ2v) is 5.36. The number of aliphatic hydroxyl groups is 1. The monoisotopic (exact) mass is 308 g/mol. The van der Waals surface area contributed by atoms with E-state index in [-0.39, 0.29) is 17.5 Å². The first-order valence-electron chi connectivity index (χ1n) is 6.84. The van der Waals surface area contributed by atoms with Crippen molar-refractivity contribution >= 4 is 11.6 Å². The van der Waals surface area contributed by atoms with Gasteiger partial charge in [-0.3, -0.25) is 4.98 Å². The van der Waals surface area contributed by atoms with Crippen molar-refractivity contribution in [2.75, 3.05) is 13.2 Å². The van der Waals surface area contributed by atoms with Crippen LogP contribution in [0.25, 0.3) is 0 Å². The summed E-state index contributed by atoms with van der Waals surface area (Å²) in [6, 6.07) is 10.5. The highest BCUT2D eigenvalue weighted by atomic mass is 35.5. The van der Waals surface area contributed by atoms with E-state index in [2.05, 4.69) is 10.3 Å². The van der Waals surface area contributed by atoms with E-state index in [1.165, 1.54) is 6.07 Å². The number of aliphatic hydroxyl groups excluding tert-OH is 1. The van der Waals surface area contributed by atoms with E-state index in [4.69, 9.17) is 11.6 Å². The molecule has 0 aliphatic rings. The molecule has 112 valence electrons. The van der Waals surface area contributed by atoms with Crippen LogP contribution < -0.4 is 5.32 Å². The van der Waals surface area contributed by atoms with Crippen molar-refractivity contribution in [1.82, 2.24) is 10.3 Å². The number of nitrogens with one attached hydrogen (secondary N) is 1. The average Bonchev–Trinajstić information content (AvgIpc) is 2.51. The summed E-state index contributed by atoms with van der Waals surface area (Å²) in [5.74, 6) is -0.333. The molecule has 1 aromatic carbocycles. The molecule has 0 aliphatic carbocycles. The van der Waals surface area contributed by atoms with E-state index < -0.39 is 5.82 Å². The van der Waals surface area contributed by atoms with Crippen molar-refractivity contribution < 1.29 is 9.50 Å². The fraction of sp³-hybridized carbons (Fsp3) is 0.312. The highest BCUT2D eigenvalue weighted by Gasteiger charge is 2.09. The lowest BCUT2D eigenvalue weighted by atomic mass is 10.0. The number of hydrogen-bond donors (Lipinski definition) is 2. The molecular formula is C16H18ClFN2O. The van der Waals surface area contributed by atoms with Crippen LogP contribution in [0.1, 0.15) is 11.3 Å². The zero-order valence-electron chi connectivity index (χ0n) is 11.6. The van der Waals surface area contributed by atoms with Crippen molar-refractivity contribution in [3.8, 4) is 0 Å². The topological polar surface area (TPSA) is 45.1 Å². The van der Waals surface area contributed by atoms with Crippen LogP contribution in [-0.4, -0.2) is 23.2 Å². The Balaban J connectivity index is 1.81. The van der Waals surface area contributed by atoms with Crippen LogP contribution in [0.2, 0.25) is 5.02 Å². The van der Waals surface area contributed by atoms with Gasteiger partial charge in [0.25, 0.3) is 0 Å². The average molecular weight is 309 g/mol. The van der Waals surface area contributed by atoms with Gasteiger partial charge < -0.3 is 10.4 Å². The molecule has 1 atom stereocenters. The third-order valence-electron chi connectivity index (χ3n) is 3.23. The Kier molecular flexibility index (Phi) is 6.11. The molecule has 0 saturated carbocycles. The maximum Gasteiger partial charge on any atom is 0.142 e. The third-order valence-corrected chi connectivity index (χ3v) is 3.53. The second-order valence-electron chi connectivity index (χ2n) is 4.95. The first-order chi connectivity index (χ1) is 10.2. The van der Waals surface area contributed by atoms with Crippen molar-refractivity contribution in [3.63, 3.8) is 0 Å². The largest absolute Gasteiger partial charge is 0.396 e. The Morgan fingerprint density at radius 2 is 2.14 bits per heavy atom. The minimum atomic E-state index is -0.414. The number of pyridine rings is 1. The molecule has 2 N–H and O–H groups in total. The van der Waals surface area contributed by atoms with Gasteiger partial charge in [0.15, 0.2) is 0 Å². The number of nitrogens with zero attached hydrogens (tertiary/aromatic N) is 1. The lowest BCUT2D eigenvalue weighted by molar-refractivity contribution is 0.220. The van der Waals surface area contributed by atoms with Gasteiger partial charge in [0.1, 0.15) is 5.82 Å². The molecule has 0 radical (unpaired) electrons. The van der Waals surface area contributed by atoms with E-state index >= 15 is 0 Å². The molecule has 0 amide bonds. The molecule has 0 aliphatic heterocycles. The molecule has 0 saturated heterocycles. The summed E-state index contributed by atoms with van der Waals surface area (Å²) in [6.07, 6.45) is 2.45. The van der Waals surface area contributed by atoms with E-state index in [9.17, 15) is 9.50 Å². The van der Waals surface area contributed by atoms with Gasteiger partial charge in [0.2, 0.25) is 0 Å². The summed E-state index contributed by atoms with van der Waals surface area (Å²) >= 11 is 5.64. The van der Waals surface area contributed by atoms with Gasteiger partial charge in [-0.05, 0) is 42.2 Å². The van der Waals surface area contributed by atoms with Crippen molar-refractivity contribution in [3.05, 3.63) is 64.7 Å². The molecule has 1 aromatic heterocycles. The predicted molar refractivity (Wildman–Crippen MR) is 81.6 cm³/mol. The number of benzene rings is 1. The quantitative estimate of drug-likeness (QED) is 0.827. The number of rotatable bonds is 7. The fourth-order valence-corrected chi connectivity index (χ4v) is 2.20. The van der Waals surface area contributed by atoms with Crippen molar-refractivity contribution in [1.29, 1.82) is 0 Å². The molecule has 1 heterocycles. The highest BCUT2D eigenvalue weighted by Crippen LogP contribution is 2.15. The maximum absolute atomic E-state index is 13.3. The smallest absolute Gasteiger partial charge is 0.142 e. The Bertz CT molecular complexity index is 565. The molecule has 2 rings (SSSR count). The van der Waals surface area contributed by atoms with Gasteiger partial charge >= 0.3 is 0 Å². The Labute approximate surface area is 128 Å². The lowest BCUT2D eigenvalue weighted by Gasteiger charge is -2.14. The van der Waals surface area contributed by atoms with Gasteiger partial charge in [-0.25, -0.2) is 4.39 Å². The molecule has 5 heteroatoms.